The molecule has 16 heavy (non-hydrogen) atoms. The van der Waals surface area contributed by atoms with Crippen molar-refractivity contribution in [1.82, 2.24) is 19.6 Å². The second kappa shape index (κ2) is 3.45. The largest absolute Gasteiger partial charge is 0.478 e. The van der Waals surface area contributed by atoms with Crippen LogP contribution in [0.15, 0.2) is 11.2 Å². The predicted octanol–water partition coefficient (Wildman–Crippen LogP) is -0.191. The van der Waals surface area contributed by atoms with Crippen LogP contribution in [0.4, 0.5) is 0 Å². The number of carboxylic acid groups (broad SMARTS) is 2. The summed E-state index contributed by atoms with van der Waals surface area (Å²) >= 11 is 3.85. The number of carboxylic acids is 2. The van der Waals surface area contributed by atoms with Crippen molar-refractivity contribution in [2.75, 3.05) is 0 Å². The second-order valence-corrected chi connectivity index (χ2v) is 3.19. The molecule has 0 saturated heterocycles. The van der Waals surface area contributed by atoms with Crippen molar-refractivity contribution in [3.63, 3.8) is 0 Å². The number of hydrogen-bond donors (Lipinski definition) is 3. The zero-order valence-electron chi connectivity index (χ0n) is 7.52. The molecule has 0 radical (unpaired) electrons. The third-order valence-corrected chi connectivity index (χ3v) is 2.07. The fourth-order valence-electron chi connectivity index (χ4n) is 1.05. The van der Waals surface area contributed by atoms with Crippen molar-refractivity contribution in [2.24, 2.45) is 0 Å². The Balaban J connectivity index is 2.70. The van der Waals surface area contributed by atoms with Gasteiger partial charge in [0.25, 0.3) is 11.6 Å². The number of thiol groups is 1. The number of aromatic nitrogens is 4. The Morgan fingerprint density at radius 2 is 1.94 bits per heavy atom. The van der Waals surface area contributed by atoms with E-state index in [4.69, 9.17) is 10.2 Å². The minimum Gasteiger partial charge on any atom is -0.478 e. The van der Waals surface area contributed by atoms with Crippen LogP contribution in [0.2, 0.25) is 0 Å². The molecular formula is C7H4N4O4S. The number of nitrogens with zero attached hydrogens (tertiary/aromatic N) is 4. The fraction of sp³-hybridized carbons (Fsp3) is 0. The topological polar surface area (TPSA) is 118 Å². The quantitative estimate of drug-likeness (QED) is 0.491. The summed E-state index contributed by atoms with van der Waals surface area (Å²) in [5.74, 6) is -3.02. The highest BCUT2D eigenvalue weighted by Gasteiger charge is 2.16. The number of aromatic carboxylic acids is 2. The summed E-state index contributed by atoms with van der Waals surface area (Å²) in [6, 6.07) is 0. The maximum atomic E-state index is 10.7. The van der Waals surface area contributed by atoms with Gasteiger partial charge in [0.15, 0.2) is 0 Å². The highest BCUT2D eigenvalue weighted by atomic mass is 32.1. The molecule has 0 aliphatic carbocycles. The smallest absolute Gasteiger partial charge is 0.375 e. The average molecular weight is 240 g/mol. The summed E-state index contributed by atoms with van der Waals surface area (Å²) in [5.41, 5.74) is -0.183. The van der Waals surface area contributed by atoms with Gasteiger partial charge in [-0.15, -0.1) is 17.7 Å². The summed E-state index contributed by atoms with van der Waals surface area (Å²) in [4.78, 5) is 28.6. The molecule has 0 aromatic carbocycles. The van der Waals surface area contributed by atoms with Crippen LogP contribution in [0.3, 0.4) is 0 Å². The molecule has 8 nitrogen and oxygen atoms in total. The van der Waals surface area contributed by atoms with E-state index in [0.717, 1.165) is 10.7 Å². The predicted molar refractivity (Wildman–Crippen MR) is 52.0 cm³/mol. The van der Waals surface area contributed by atoms with Gasteiger partial charge in [-0.2, -0.15) is 4.98 Å². The molecule has 2 aromatic heterocycles. The standard InChI is InChI=1S/C7H4N4O4S/c12-5(13)2-1-11-7(9-4(2)16)8-3(10-11)6(14)15/h1H,(H,12,13)(H,14,15)(H,8,9,10,16). The zero-order chi connectivity index (χ0) is 11.9. The van der Waals surface area contributed by atoms with E-state index >= 15 is 0 Å². The highest BCUT2D eigenvalue weighted by Crippen LogP contribution is 2.11. The molecule has 2 heterocycles. The van der Waals surface area contributed by atoms with Gasteiger partial charge >= 0.3 is 11.9 Å². The molecule has 82 valence electrons. The van der Waals surface area contributed by atoms with Crippen molar-refractivity contribution in [2.45, 2.75) is 5.03 Å². The van der Waals surface area contributed by atoms with Gasteiger partial charge in [0.05, 0.1) is 0 Å². The number of carbonyl (C=O) groups is 2. The lowest BCUT2D eigenvalue weighted by Crippen LogP contribution is -2.04. The summed E-state index contributed by atoms with van der Waals surface area (Å²) in [7, 11) is 0. The van der Waals surface area contributed by atoms with E-state index in [1.54, 1.807) is 0 Å². The maximum Gasteiger partial charge on any atom is 0.375 e. The van der Waals surface area contributed by atoms with Gasteiger partial charge < -0.3 is 10.2 Å². The van der Waals surface area contributed by atoms with Crippen molar-refractivity contribution in [3.8, 4) is 0 Å². The molecule has 2 N–H and O–H groups in total. The summed E-state index contributed by atoms with van der Waals surface area (Å²) < 4.78 is 0.979. The molecule has 0 fully saturated rings. The van der Waals surface area contributed by atoms with Gasteiger partial charge in [0, 0.05) is 6.20 Å². The SMILES string of the molecule is O=C(O)c1nc2nc(S)c(C(=O)O)cn2n1. The first kappa shape index (κ1) is 10.4. The van der Waals surface area contributed by atoms with Crippen molar-refractivity contribution in [3.05, 3.63) is 17.6 Å². The van der Waals surface area contributed by atoms with Gasteiger partial charge in [-0.3, -0.25) is 0 Å². The summed E-state index contributed by atoms with van der Waals surface area (Å²) in [6.07, 6.45) is 1.10. The molecule has 0 atom stereocenters. The fourth-order valence-corrected chi connectivity index (χ4v) is 1.30. The minimum absolute atomic E-state index is 0.0209. The molecule has 0 saturated carbocycles. The van der Waals surface area contributed by atoms with Crippen LogP contribution in [-0.2, 0) is 0 Å². The Morgan fingerprint density at radius 1 is 1.25 bits per heavy atom. The normalized spacial score (nSPS) is 10.6. The first-order valence-corrected chi connectivity index (χ1v) is 4.36. The Morgan fingerprint density at radius 3 is 2.50 bits per heavy atom. The molecule has 2 rings (SSSR count). The zero-order valence-corrected chi connectivity index (χ0v) is 8.42. The van der Waals surface area contributed by atoms with E-state index in [-0.39, 0.29) is 16.4 Å². The number of hydrogen-bond acceptors (Lipinski definition) is 6. The van der Waals surface area contributed by atoms with E-state index in [2.05, 4.69) is 27.7 Å². The first-order chi connectivity index (χ1) is 7.49. The molecule has 0 amide bonds. The molecule has 0 unspecified atom stereocenters. The molecule has 0 spiro atoms. The van der Waals surface area contributed by atoms with Crippen molar-refractivity contribution < 1.29 is 19.8 Å². The Bertz CT molecular complexity index is 608. The van der Waals surface area contributed by atoms with Gasteiger partial charge in [0.1, 0.15) is 10.6 Å². The van der Waals surface area contributed by atoms with Crippen LogP contribution in [0, 0.1) is 0 Å². The third kappa shape index (κ3) is 1.56. The molecule has 0 bridgehead atoms. The first-order valence-electron chi connectivity index (χ1n) is 3.92. The van der Waals surface area contributed by atoms with Crippen LogP contribution >= 0.6 is 12.6 Å². The number of fused-ring (bicyclic) bond motifs is 1. The second-order valence-electron chi connectivity index (χ2n) is 2.77. The van der Waals surface area contributed by atoms with Crippen LogP contribution in [0.1, 0.15) is 21.0 Å². The molecule has 2 aromatic rings. The van der Waals surface area contributed by atoms with E-state index in [1.807, 2.05) is 0 Å². The van der Waals surface area contributed by atoms with Crippen LogP contribution in [0.25, 0.3) is 5.78 Å². The number of rotatable bonds is 2. The van der Waals surface area contributed by atoms with Crippen molar-refractivity contribution >= 4 is 30.3 Å². The van der Waals surface area contributed by atoms with E-state index in [9.17, 15) is 9.59 Å². The van der Waals surface area contributed by atoms with Crippen LogP contribution in [-0.4, -0.2) is 41.7 Å². The molecule has 0 aliphatic rings. The lowest BCUT2D eigenvalue weighted by molar-refractivity contribution is 0.0677. The van der Waals surface area contributed by atoms with Gasteiger partial charge in [-0.1, -0.05) is 0 Å². The average Bonchev–Trinajstić information content (AvgIpc) is 2.58. The lowest BCUT2D eigenvalue weighted by Gasteiger charge is -1.97. The third-order valence-electron chi connectivity index (χ3n) is 1.73. The van der Waals surface area contributed by atoms with Crippen LogP contribution in [0.5, 0.6) is 0 Å². The molecular weight excluding hydrogens is 236 g/mol. The minimum atomic E-state index is -1.32. The monoisotopic (exact) mass is 240 g/mol. The maximum absolute atomic E-state index is 10.7. The van der Waals surface area contributed by atoms with Gasteiger partial charge in [-0.25, -0.2) is 19.1 Å². The van der Waals surface area contributed by atoms with Crippen molar-refractivity contribution in [1.29, 1.82) is 0 Å². The van der Waals surface area contributed by atoms with E-state index in [0.29, 0.717) is 0 Å². The van der Waals surface area contributed by atoms with Crippen LogP contribution < -0.4 is 0 Å². The van der Waals surface area contributed by atoms with Gasteiger partial charge in [0.2, 0.25) is 0 Å². The van der Waals surface area contributed by atoms with Gasteiger partial charge in [-0.05, 0) is 0 Å². The molecule has 9 heteroatoms. The molecule has 0 aliphatic heterocycles. The Labute approximate surface area is 93.0 Å². The van der Waals surface area contributed by atoms with E-state index in [1.165, 1.54) is 0 Å². The highest BCUT2D eigenvalue weighted by molar-refractivity contribution is 7.80. The lowest BCUT2D eigenvalue weighted by atomic mass is 10.3. The Kier molecular flexibility index (Phi) is 2.23. The summed E-state index contributed by atoms with van der Waals surface area (Å²) in [5, 5.41) is 20.9. The Hall–Kier alpha value is -2.16. The van der Waals surface area contributed by atoms with E-state index < -0.39 is 17.8 Å². The summed E-state index contributed by atoms with van der Waals surface area (Å²) in [6.45, 7) is 0.